The molecule has 4 rings (SSSR count). The predicted molar refractivity (Wildman–Crippen MR) is 128 cm³/mol. The van der Waals surface area contributed by atoms with E-state index < -0.39 is 11.9 Å². The van der Waals surface area contributed by atoms with Crippen LogP contribution < -0.4 is 5.43 Å². The highest BCUT2D eigenvalue weighted by Gasteiger charge is 2.26. The molecule has 0 spiro atoms. The van der Waals surface area contributed by atoms with Gasteiger partial charge in [0.15, 0.2) is 0 Å². The number of rotatable bonds is 7. The number of carbonyl (C=O) groups excluding carboxylic acids is 1. The van der Waals surface area contributed by atoms with Gasteiger partial charge in [-0.25, -0.2) is 5.43 Å². The second-order valence-corrected chi connectivity index (χ2v) is 8.17. The minimum atomic E-state index is -0.961. The van der Waals surface area contributed by atoms with Crippen molar-refractivity contribution < 1.29 is 14.7 Å². The van der Waals surface area contributed by atoms with Crippen molar-refractivity contribution in [2.45, 2.75) is 12.3 Å². The Kier molecular flexibility index (Phi) is 6.47. The van der Waals surface area contributed by atoms with Crippen molar-refractivity contribution in [2.24, 2.45) is 5.10 Å². The number of aliphatic carboxylic acids is 1. The quantitative estimate of drug-likeness (QED) is 0.242. The maximum atomic E-state index is 12.6. The first kappa shape index (κ1) is 21.5. The van der Waals surface area contributed by atoms with E-state index in [1.54, 1.807) is 30.5 Å². The first-order valence-corrected chi connectivity index (χ1v) is 10.8. The Bertz CT molecular complexity index is 1280. The van der Waals surface area contributed by atoms with E-state index >= 15 is 0 Å². The van der Waals surface area contributed by atoms with Gasteiger partial charge in [-0.3, -0.25) is 9.59 Å². The number of benzene rings is 3. The SMILES string of the molecule is O=C(N/N=C(/CC(C(=O)O)c1c[nH]c2ccccc12)c1ccccc1)c1ccc(Br)cc1. The number of aromatic amines is 1. The summed E-state index contributed by atoms with van der Waals surface area (Å²) in [6.45, 7) is 0. The zero-order valence-corrected chi connectivity index (χ0v) is 18.5. The lowest BCUT2D eigenvalue weighted by atomic mass is 9.91. The molecule has 3 aromatic carbocycles. The zero-order valence-electron chi connectivity index (χ0n) is 17.0. The zero-order chi connectivity index (χ0) is 22.5. The fourth-order valence-electron chi connectivity index (χ4n) is 3.55. The molecule has 0 aliphatic rings. The molecule has 0 aliphatic heterocycles. The summed E-state index contributed by atoms with van der Waals surface area (Å²) in [7, 11) is 0. The molecule has 160 valence electrons. The van der Waals surface area contributed by atoms with Gasteiger partial charge < -0.3 is 10.1 Å². The lowest BCUT2D eigenvalue weighted by Crippen LogP contribution is -2.23. The standard InChI is InChI=1S/C25H20BrN3O3/c26-18-12-10-17(11-13-18)24(30)29-28-23(16-6-2-1-3-7-16)14-20(25(31)32)21-15-27-22-9-5-4-8-19(21)22/h1-13,15,20,27H,14H2,(H,29,30)(H,31,32)/b28-23-. The molecule has 4 aromatic rings. The fourth-order valence-corrected chi connectivity index (χ4v) is 3.81. The van der Waals surface area contributed by atoms with E-state index in [0.717, 1.165) is 20.9 Å². The van der Waals surface area contributed by atoms with Crippen molar-refractivity contribution in [1.29, 1.82) is 0 Å². The average molecular weight is 490 g/mol. The van der Waals surface area contributed by atoms with Crippen molar-refractivity contribution >= 4 is 44.4 Å². The molecule has 6 nitrogen and oxygen atoms in total. The number of halogens is 1. The normalized spacial score (nSPS) is 12.5. The Labute approximate surface area is 193 Å². The van der Waals surface area contributed by atoms with Gasteiger partial charge in [-0.05, 0) is 41.5 Å². The van der Waals surface area contributed by atoms with Gasteiger partial charge in [-0.1, -0.05) is 64.5 Å². The van der Waals surface area contributed by atoms with E-state index in [4.69, 9.17) is 0 Å². The molecular formula is C25H20BrN3O3. The van der Waals surface area contributed by atoms with E-state index in [9.17, 15) is 14.7 Å². The number of para-hydroxylation sites is 1. The third-order valence-electron chi connectivity index (χ3n) is 5.20. The van der Waals surface area contributed by atoms with Gasteiger partial charge in [0.1, 0.15) is 0 Å². The van der Waals surface area contributed by atoms with Crippen LogP contribution in [0.1, 0.15) is 33.8 Å². The van der Waals surface area contributed by atoms with Gasteiger partial charge in [0.05, 0.1) is 11.6 Å². The van der Waals surface area contributed by atoms with Crippen molar-refractivity contribution in [3.05, 3.63) is 106 Å². The van der Waals surface area contributed by atoms with Gasteiger partial charge in [0.2, 0.25) is 0 Å². The number of carboxylic acids is 1. The fraction of sp³-hybridized carbons (Fsp3) is 0.0800. The number of hydrogen-bond acceptors (Lipinski definition) is 3. The Balaban J connectivity index is 1.66. The highest BCUT2D eigenvalue weighted by atomic mass is 79.9. The number of nitrogens with zero attached hydrogens (tertiary/aromatic N) is 1. The van der Waals surface area contributed by atoms with Crippen molar-refractivity contribution in [3.8, 4) is 0 Å². The first-order chi connectivity index (χ1) is 15.5. The molecule has 3 N–H and O–H groups in total. The molecule has 7 heteroatoms. The number of amides is 1. The van der Waals surface area contributed by atoms with Crippen molar-refractivity contribution in [3.63, 3.8) is 0 Å². The van der Waals surface area contributed by atoms with E-state index in [1.165, 1.54) is 0 Å². The van der Waals surface area contributed by atoms with Crippen LogP contribution in [0.5, 0.6) is 0 Å². The molecule has 0 saturated heterocycles. The second-order valence-electron chi connectivity index (χ2n) is 7.26. The predicted octanol–water partition coefficient (Wildman–Crippen LogP) is 5.32. The van der Waals surface area contributed by atoms with Crippen LogP contribution in [0.25, 0.3) is 10.9 Å². The first-order valence-electron chi connectivity index (χ1n) is 9.99. The molecule has 1 heterocycles. The summed E-state index contributed by atoms with van der Waals surface area (Å²) < 4.78 is 0.866. The van der Waals surface area contributed by atoms with Gasteiger partial charge in [-0.15, -0.1) is 0 Å². The summed E-state index contributed by atoms with van der Waals surface area (Å²) in [5, 5.41) is 15.2. The van der Waals surface area contributed by atoms with Crippen LogP contribution >= 0.6 is 15.9 Å². The lowest BCUT2D eigenvalue weighted by molar-refractivity contribution is -0.138. The summed E-state index contributed by atoms with van der Waals surface area (Å²) in [4.78, 5) is 27.9. The van der Waals surface area contributed by atoms with Crippen LogP contribution in [0.4, 0.5) is 0 Å². The van der Waals surface area contributed by atoms with Crippen molar-refractivity contribution in [2.75, 3.05) is 0 Å². The van der Waals surface area contributed by atoms with Crippen LogP contribution in [-0.4, -0.2) is 27.7 Å². The summed E-state index contributed by atoms with van der Waals surface area (Å²) in [6, 6.07) is 23.7. The van der Waals surface area contributed by atoms with Crippen LogP contribution in [0.15, 0.2) is 94.6 Å². The number of aromatic nitrogens is 1. The Morgan fingerprint density at radius 2 is 1.62 bits per heavy atom. The van der Waals surface area contributed by atoms with Gasteiger partial charge >= 0.3 is 5.97 Å². The monoisotopic (exact) mass is 489 g/mol. The molecule has 32 heavy (non-hydrogen) atoms. The van der Waals surface area contributed by atoms with Gasteiger partial charge in [0.25, 0.3) is 5.91 Å². The van der Waals surface area contributed by atoms with E-state index in [-0.39, 0.29) is 12.3 Å². The summed E-state index contributed by atoms with van der Waals surface area (Å²) >= 11 is 3.35. The maximum absolute atomic E-state index is 12.6. The van der Waals surface area contributed by atoms with Crippen molar-refractivity contribution in [1.82, 2.24) is 10.4 Å². The largest absolute Gasteiger partial charge is 0.481 e. The molecule has 0 aliphatic carbocycles. The Morgan fingerprint density at radius 1 is 0.938 bits per heavy atom. The van der Waals surface area contributed by atoms with Crippen LogP contribution in [0, 0.1) is 0 Å². The molecule has 1 unspecified atom stereocenters. The summed E-state index contributed by atoms with van der Waals surface area (Å²) in [6.07, 6.45) is 1.84. The molecule has 0 bridgehead atoms. The highest BCUT2D eigenvalue weighted by Crippen LogP contribution is 2.29. The molecule has 1 atom stereocenters. The van der Waals surface area contributed by atoms with Crippen LogP contribution in [0.3, 0.4) is 0 Å². The van der Waals surface area contributed by atoms with Gasteiger partial charge in [0, 0.05) is 33.6 Å². The topological polar surface area (TPSA) is 94.6 Å². The number of carboxylic acid groups (broad SMARTS) is 1. The van der Waals surface area contributed by atoms with E-state index in [1.807, 2.05) is 54.6 Å². The molecule has 1 amide bonds. The molecule has 0 radical (unpaired) electrons. The Hall–Kier alpha value is -3.71. The number of hydrogen-bond donors (Lipinski definition) is 3. The minimum absolute atomic E-state index is 0.113. The third-order valence-corrected chi connectivity index (χ3v) is 5.73. The summed E-state index contributed by atoms with van der Waals surface area (Å²) in [5.74, 6) is -2.17. The van der Waals surface area contributed by atoms with E-state index in [2.05, 4.69) is 31.4 Å². The Morgan fingerprint density at radius 3 is 2.34 bits per heavy atom. The lowest BCUT2D eigenvalue weighted by Gasteiger charge is -2.14. The van der Waals surface area contributed by atoms with Crippen LogP contribution in [0.2, 0.25) is 0 Å². The molecule has 0 fully saturated rings. The number of fused-ring (bicyclic) bond motifs is 1. The maximum Gasteiger partial charge on any atom is 0.311 e. The number of carbonyl (C=O) groups is 2. The molecule has 0 saturated carbocycles. The number of H-pyrrole nitrogens is 1. The number of hydrazone groups is 1. The third kappa shape index (κ3) is 4.78. The highest BCUT2D eigenvalue weighted by molar-refractivity contribution is 9.10. The molecular weight excluding hydrogens is 470 g/mol. The van der Waals surface area contributed by atoms with E-state index in [0.29, 0.717) is 16.8 Å². The summed E-state index contributed by atoms with van der Waals surface area (Å²) in [5.41, 5.74) is 5.80. The average Bonchev–Trinajstić information content (AvgIpc) is 3.23. The van der Waals surface area contributed by atoms with Gasteiger partial charge in [-0.2, -0.15) is 5.10 Å². The smallest absolute Gasteiger partial charge is 0.311 e. The number of nitrogens with one attached hydrogen (secondary N) is 2. The minimum Gasteiger partial charge on any atom is -0.481 e. The second kappa shape index (κ2) is 9.62. The molecule has 1 aromatic heterocycles. The van der Waals surface area contributed by atoms with Crippen LogP contribution in [-0.2, 0) is 4.79 Å².